The number of esters is 1. The lowest BCUT2D eigenvalue weighted by Crippen LogP contribution is -2.25. The van der Waals surface area contributed by atoms with E-state index in [9.17, 15) is 4.79 Å². The summed E-state index contributed by atoms with van der Waals surface area (Å²) >= 11 is 9.09. The zero-order chi connectivity index (χ0) is 53.5. The maximum absolute atomic E-state index is 13.4. The van der Waals surface area contributed by atoms with Gasteiger partial charge in [-0.15, -0.1) is 23.1 Å². The molecule has 0 unspecified atom stereocenters. The van der Waals surface area contributed by atoms with Crippen LogP contribution in [-0.4, -0.2) is 10.2 Å². The van der Waals surface area contributed by atoms with Gasteiger partial charge in [0.2, 0.25) is 0 Å². The summed E-state index contributed by atoms with van der Waals surface area (Å²) in [6.07, 6.45) is 17.7. The third-order valence-corrected chi connectivity index (χ3v) is 18.3. The van der Waals surface area contributed by atoms with Crippen LogP contribution in [0.4, 0.5) is 17.1 Å². The van der Waals surface area contributed by atoms with E-state index in [0.29, 0.717) is 11.3 Å². The van der Waals surface area contributed by atoms with Crippen molar-refractivity contribution >= 4 is 62.5 Å². The van der Waals surface area contributed by atoms with Crippen LogP contribution in [0.25, 0.3) is 43.1 Å². The molecule has 0 saturated heterocycles. The second-order valence-electron chi connectivity index (χ2n) is 20.9. The number of para-hydroxylation sites is 2. The predicted molar refractivity (Wildman–Crippen MR) is 338 cm³/mol. The van der Waals surface area contributed by atoms with Crippen molar-refractivity contribution in [2.45, 2.75) is 115 Å². The molecule has 0 amide bonds. The van der Waals surface area contributed by atoms with Gasteiger partial charge < -0.3 is 9.64 Å². The summed E-state index contributed by atoms with van der Waals surface area (Å²) in [4.78, 5) is 18.1. The first-order chi connectivity index (χ1) is 38.4. The van der Waals surface area contributed by atoms with E-state index in [1.54, 1.807) is 11.8 Å². The monoisotopic (exact) mass is 1080 g/mol. The van der Waals surface area contributed by atoms with Gasteiger partial charge in [0.1, 0.15) is 5.75 Å². The minimum absolute atomic E-state index is 0.0776. The third-order valence-electron chi connectivity index (χ3n) is 15.6. The third kappa shape index (κ3) is 13.0. The van der Waals surface area contributed by atoms with E-state index in [1.807, 2.05) is 90.2 Å². The fourth-order valence-electron chi connectivity index (χ4n) is 11.4. The number of nitrogens with zero attached hydrogens (tertiary/aromatic N) is 1. The van der Waals surface area contributed by atoms with Crippen LogP contribution in [0.1, 0.15) is 136 Å². The van der Waals surface area contributed by atoms with E-state index in [2.05, 4.69) is 152 Å². The smallest absolute Gasteiger partial charge is 0.343 e. The van der Waals surface area contributed by atoms with Crippen LogP contribution in [-0.2, 0) is 11.2 Å². The molecule has 78 heavy (non-hydrogen) atoms. The summed E-state index contributed by atoms with van der Waals surface area (Å²) in [5.41, 5.74) is 16.7. The van der Waals surface area contributed by atoms with E-state index >= 15 is 0 Å². The molecule has 6 heteroatoms. The predicted octanol–water partition coefficient (Wildman–Crippen LogP) is 21.8. The highest BCUT2D eigenvalue weighted by Gasteiger charge is 2.42. The molecule has 0 spiro atoms. The summed E-state index contributed by atoms with van der Waals surface area (Å²) < 4.78 is 6.69. The average Bonchev–Trinajstić information content (AvgIpc) is 4.20. The van der Waals surface area contributed by atoms with Gasteiger partial charge in [0.15, 0.2) is 0 Å². The van der Waals surface area contributed by atoms with Crippen LogP contribution < -0.4 is 9.64 Å². The maximum Gasteiger partial charge on any atom is 0.343 e. The second kappa shape index (κ2) is 26.7. The van der Waals surface area contributed by atoms with Crippen molar-refractivity contribution in [1.29, 1.82) is 0 Å². The lowest BCUT2D eigenvalue weighted by atomic mass is 9.70. The fraction of sp³-hybridized carbons (Fsp3) is 0.250. The molecule has 0 N–H and O–H groups in total. The van der Waals surface area contributed by atoms with Crippen molar-refractivity contribution in [3.63, 3.8) is 0 Å². The molecule has 394 valence electrons. The molecule has 10 rings (SSSR count). The SMILES string of the molecule is CCCCCCCCC1(CCCCCCCC)c2cc(-c3ccc(N(c4ccccc4)c4ccccc4)cc3)ccc2-c2ccc(-c3ccc(-c4ccc(C(=O)Oc5ccc(CSC(=S)c6ccccc6)cc5)cc4)s3)cc21. The van der Waals surface area contributed by atoms with E-state index in [-0.39, 0.29) is 11.4 Å². The first-order valence-corrected chi connectivity index (χ1v) is 30.7. The molecule has 1 aromatic heterocycles. The Bertz CT molecular complexity index is 3310. The van der Waals surface area contributed by atoms with Gasteiger partial charge in [-0.05, 0) is 153 Å². The first-order valence-electron chi connectivity index (χ1n) is 28.4. The highest BCUT2D eigenvalue weighted by molar-refractivity contribution is 8.23. The van der Waals surface area contributed by atoms with E-state index < -0.39 is 0 Å². The normalized spacial score (nSPS) is 12.2. The zero-order valence-electron chi connectivity index (χ0n) is 45.3. The summed E-state index contributed by atoms with van der Waals surface area (Å²) in [5.74, 6) is 0.897. The molecule has 1 heterocycles. The minimum atomic E-state index is -0.371. The van der Waals surface area contributed by atoms with E-state index in [0.717, 1.165) is 56.5 Å². The minimum Gasteiger partial charge on any atom is -0.423 e. The lowest BCUT2D eigenvalue weighted by Gasteiger charge is -2.33. The Morgan fingerprint density at radius 3 is 1.53 bits per heavy atom. The molecule has 1 aliphatic carbocycles. The van der Waals surface area contributed by atoms with Crippen LogP contribution in [0.2, 0.25) is 0 Å². The highest BCUT2D eigenvalue weighted by Crippen LogP contribution is 2.56. The van der Waals surface area contributed by atoms with Crippen LogP contribution in [0.15, 0.2) is 212 Å². The first kappa shape index (κ1) is 54.5. The number of hydrogen-bond donors (Lipinski definition) is 0. The number of carbonyl (C=O) groups excluding carboxylic acids is 1. The van der Waals surface area contributed by atoms with Crippen molar-refractivity contribution in [3.05, 3.63) is 240 Å². The molecule has 0 saturated carbocycles. The number of carbonyl (C=O) groups is 1. The molecule has 0 fully saturated rings. The topological polar surface area (TPSA) is 29.5 Å². The van der Waals surface area contributed by atoms with Gasteiger partial charge in [-0.1, -0.05) is 231 Å². The number of unbranched alkanes of at least 4 members (excludes halogenated alkanes) is 10. The molecular weight excluding hydrogens is 1010 g/mol. The molecule has 0 bridgehead atoms. The molecule has 0 atom stereocenters. The number of hydrogen-bond acceptors (Lipinski definition) is 6. The Balaban J connectivity index is 0.900. The molecule has 8 aromatic carbocycles. The molecule has 0 aliphatic heterocycles. The van der Waals surface area contributed by atoms with Gasteiger partial charge in [0, 0.05) is 38.0 Å². The zero-order valence-corrected chi connectivity index (χ0v) is 47.8. The largest absolute Gasteiger partial charge is 0.423 e. The van der Waals surface area contributed by atoms with E-state index in [4.69, 9.17) is 17.0 Å². The second-order valence-corrected chi connectivity index (χ2v) is 23.6. The molecule has 9 aromatic rings. The Morgan fingerprint density at radius 1 is 0.474 bits per heavy atom. The van der Waals surface area contributed by atoms with Crippen molar-refractivity contribution in [1.82, 2.24) is 0 Å². The van der Waals surface area contributed by atoms with Crippen molar-refractivity contribution in [3.8, 4) is 48.9 Å². The number of thiophene rings is 1. The lowest BCUT2D eigenvalue weighted by molar-refractivity contribution is 0.0734. The maximum atomic E-state index is 13.4. The summed E-state index contributed by atoms with van der Waals surface area (Å²) in [5, 5.41) is 0. The summed E-state index contributed by atoms with van der Waals surface area (Å²) in [6, 6.07) is 75.4. The quantitative estimate of drug-likeness (QED) is 0.0246. The number of fused-ring (bicyclic) bond motifs is 3. The van der Waals surface area contributed by atoms with Crippen molar-refractivity contribution < 1.29 is 9.53 Å². The van der Waals surface area contributed by atoms with Gasteiger partial charge >= 0.3 is 5.97 Å². The number of ether oxygens (including phenoxy) is 1. The Labute approximate surface area is 477 Å². The molecule has 3 nitrogen and oxygen atoms in total. The van der Waals surface area contributed by atoms with Gasteiger partial charge in [-0.3, -0.25) is 0 Å². The van der Waals surface area contributed by atoms with Gasteiger partial charge in [0.05, 0.1) is 9.76 Å². The Morgan fingerprint density at radius 2 is 0.949 bits per heavy atom. The van der Waals surface area contributed by atoms with Crippen molar-refractivity contribution in [2.24, 2.45) is 0 Å². The number of anilines is 3. The fourth-order valence-corrected chi connectivity index (χ4v) is 13.5. The highest BCUT2D eigenvalue weighted by atomic mass is 32.2. The average molecular weight is 1080 g/mol. The van der Waals surface area contributed by atoms with Crippen LogP contribution in [0.3, 0.4) is 0 Å². The van der Waals surface area contributed by atoms with Gasteiger partial charge in [0.25, 0.3) is 0 Å². The van der Waals surface area contributed by atoms with Crippen LogP contribution in [0, 0.1) is 0 Å². The molecule has 1 aliphatic rings. The summed E-state index contributed by atoms with van der Waals surface area (Å²) in [6.45, 7) is 4.62. The number of rotatable bonds is 25. The van der Waals surface area contributed by atoms with Crippen molar-refractivity contribution in [2.75, 3.05) is 4.90 Å². The number of thioether (sulfide) groups is 1. The Kier molecular flexibility index (Phi) is 18.7. The number of benzene rings is 8. The standard InChI is InChI=1S/C72H71NO2S3/c1-3-5-7-9-11-22-48-72(49-23-12-10-8-6-4-2)66-50-58(54-36-40-62(41-37-54)73(60-26-18-14-19-27-60)61-28-20-15-21-29-61)38-44-64(66)65-45-39-59(51-67(65)72)69-47-46-68(78-69)55-32-34-56(35-33-55)70(74)75-63-42-30-53(31-43-63)52-77-71(76)57-24-16-13-17-25-57/h13-21,24-47,50-51H,3-12,22-23,48-49,52H2,1-2H3. The summed E-state index contributed by atoms with van der Waals surface area (Å²) in [7, 11) is 0. The Hall–Kier alpha value is -6.83. The van der Waals surface area contributed by atoms with Gasteiger partial charge in [-0.25, -0.2) is 4.79 Å². The van der Waals surface area contributed by atoms with E-state index in [1.165, 1.54) is 126 Å². The van der Waals surface area contributed by atoms with Gasteiger partial charge in [-0.2, -0.15) is 0 Å². The number of thiocarbonyl (C=S) groups is 1. The van der Waals surface area contributed by atoms with Crippen LogP contribution in [0.5, 0.6) is 5.75 Å². The molecular formula is C72H71NO2S3. The molecule has 0 radical (unpaired) electrons. The van der Waals surface area contributed by atoms with Crippen LogP contribution >= 0.6 is 35.3 Å².